The molecule has 6 nitrogen and oxygen atoms in total. The summed E-state index contributed by atoms with van der Waals surface area (Å²) in [6, 6.07) is 7.81. The summed E-state index contributed by atoms with van der Waals surface area (Å²) in [5.74, 6) is 0.808. The number of piperazine rings is 1. The maximum atomic E-state index is 10.9. The van der Waals surface area contributed by atoms with E-state index >= 15 is 0 Å². The molecule has 0 saturated carbocycles. The van der Waals surface area contributed by atoms with Crippen molar-refractivity contribution in [3.63, 3.8) is 0 Å². The molecule has 1 N–H and O–H groups in total. The predicted octanol–water partition coefficient (Wildman–Crippen LogP) is 2.62. The Morgan fingerprint density at radius 1 is 1.32 bits per heavy atom. The number of hydrogen-bond donors (Lipinski definition) is 1. The molecule has 0 spiro atoms. The molecular formula is C15H17N3O3S. The third-order valence-electron chi connectivity index (χ3n) is 3.68. The van der Waals surface area contributed by atoms with Gasteiger partial charge in [0.15, 0.2) is 5.13 Å². The zero-order chi connectivity index (χ0) is 15.5. The van der Waals surface area contributed by atoms with Crippen molar-refractivity contribution in [3.8, 4) is 17.0 Å². The second-order valence-corrected chi connectivity index (χ2v) is 5.84. The summed E-state index contributed by atoms with van der Waals surface area (Å²) < 4.78 is 5.24. The highest BCUT2D eigenvalue weighted by Crippen LogP contribution is 2.29. The van der Waals surface area contributed by atoms with Gasteiger partial charge < -0.3 is 19.6 Å². The number of carbonyl (C=O) groups is 1. The molecule has 22 heavy (non-hydrogen) atoms. The van der Waals surface area contributed by atoms with E-state index in [0.29, 0.717) is 26.2 Å². The topological polar surface area (TPSA) is 65.9 Å². The van der Waals surface area contributed by atoms with E-state index in [-0.39, 0.29) is 0 Å². The van der Waals surface area contributed by atoms with E-state index in [2.05, 4.69) is 9.88 Å². The maximum Gasteiger partial charge on any atom is 0.407 e. The first-order valence-corrected chi connectivity index (χ1v) is 7.88. The molecule has 0 bridgehead atoms. The molecule has 1 aromatic heterocycles. The molecule has 0 aliphatic carbocycles. The third kappa shape index (κ3) is 2.99. The van der Waals surface area contributed by atoms with Crippen LogP contribution in [0.5, 0.6) is 5.75 Å². The summed E-state index contributed by atoms with van der Waals surface area (Å²) in [6.45, 7) is 2.39. The highest BCUT2D eigenvalue weighted by molar-refractivity contribution is 7.14. The Morgan fingerprint density at radius 2 is 2.09 bits per heavy atom. The zero-order valence-corrected chi connectivity index (χ0v) is 13.0. The standard InChI is InChI=1S/C15H17N3O3S/c1-21-12-4-2-3-11(9-12)13-10-22-14(16-13)17-5-7-18(8-6-17)15(19)20/h2-4,9-10H,5-8H2,1H3,(H,19,20). The largest absolute Gasteiger partial charge is 0.497 e. The smallest absolute Gasteiger partial charge is 0.407 e. The van der Waals surface area contributed by atoms with Gasteiger partial charge in [-0.2, -0.15) is 0 Å². The molecule has 1 saturated heterocycles. The molecule has 116 valence electrons. The van der Waals surface area contributed by atoms with E-state index in [1.54, 1.807) is 18.4 Å². The quantitative estimate of drug-likeness (QED) is 0.942. The Balaban J connectivity index is 1.73. The Kier molecular flexibility index (Phi) is 4.15. The number of ether oxygens (including phenoxy) is 1. The van der Waals surface area contributed by atoms with Crippen LogP contribution in [0.3, 0.4) is 0 Å². The van der Waals surface area contributed by atoms with Crippen LogP contribution in [-0.4, -0.2) is 54.4 Å². The van der Waals surface area contributed by atoms with E-state index in [4.69, 9.17) is 9.84 Å². The molecule has 1 aromatic carbocycles. The SMILES string of the molecule is COc1cccc(-c2csc(N3CCN(C(=O)O)CC3)n2)c1. The summed E-state index contributed by atoms with van der Waals surface area (Å²) in [5, 5.41) is 11.9. The molecule has 1 fully saturated rings. The van der Waals surface area contributed by atoms with Crippen molar-refractivity contribution in [1.82, 2.24) is 9.88 Å². The molecule has 0 radical (unpaired) electrons. The van der Waals surface area contributed by atoms with Gasteiger partial charge in [0.1, 0.15) is 5.75 Å². The highest BCUT2D eigenvalue weighted by Gasteiger charge is 2.22. The van der Waals surface area contributed by atoms with Crippen LogP contribution in [0.25, 0.3) is 11.3 Å². The van der Waals surface area contributed by atoms with Gasteiger partial charge in [-0.15, -0.1) is 11.3 Å². The maximum absolute atomic E-state index is 10.9. The minimum absolute atomic E-state index is 0.517. The van der Waals surface area contributed by atoms with Crippen LogP contribution in [0.4, 0.5) is 9.93 Å². The van der Waals surface area contributed by atoms with Crippen molar-refractivity contribution in [1.29, 1.82) is 0 Å². The van der Waals surface area contributed by atoms with Crippen molar-refractivity contribution >= 4 is 22.6 Å². The number of thiazole rings is 1. The van der Waals surface area contributed by atoms with E-state index in [9.17, 15) is 4.79 Å². The number of anilines is 1. The number of aromatic nitrogens is 1. The lowest BCUT2D eigenvalue weighted by Crippen LogP contribution is -2.48. The monoisotopic (exact) mass is 319 g/mol. The first kappa shape index (κ1) is 14.6. The number of nitrogens with zero attached hydrogens (tertiary/aromatic N) is 3. The van der Waals surface area contributed by atoms with Gasteiger partial charge in [0.25, 0.3) is 0 Å². The van der Waals surface area contributed by atoms with Crippen LogP contribution < -0.4 is 9.64 Å². The highest BCUT2D eigenvalue weighted by atomic mass is 32.1. The number of methoxy groups -OCH3 is 1. The van der Waals surface area contributed by atoms with Gasteiger partial charge in [-0.3, -0.25) is 0 Å². The normalized spacial score (nSPS) is 15.0. The summed E-state index contributed by atoms with van der Waals surface area (Å²) in [7, 11) is 1.65. The number of benzene rings is 1. The first-order valence-electron chi connectivity index (χ1n) is 7.00. The van der Waals surface area contributed by atoms with Gasteiger partial charge in [-0.1, -0.05) is 12.1 Å². The first-order chi connectivity index (χ1) is 10.7. The lowest BCUT2D eigenvalue weighted by Gasteiger charge is -2.32. The Hall–Kier alpha value is -2.28. The second-order valence-electron chi connectivity index (χ2n) is 5.00. The Labute approximate surface area is 132 Å². The van der Waals surface area contributed by atoms with Crippen molar-refractivity contribution in [2.24, 2.45) is 0 Å². The average Bonchev–Trinajstić information content (AvgIpc) is 3.05. The van der Waals surface area contributed by atoms with Gasteiger partial charge in [0.05, 0.1) is 12.8 Å². The number of hydrogen-bond acceptors (Lipinski definition) is 5. The van der Waals surface area contributed by atoms with Crippen LogP contribution in [0.15, 0.2) is 29.6 Å². The fourth-order valence-electron chi connectivity index (χ4n) is 2.41. The minimum Gasteiger partial charge on any atom is -0.497 e. The molecular weight excluding hydrogens is 302 g/mol. The fourth-order valence-corrected chi connectivity index (χ4v) is 3.30. The van der Waals surface area contributed by atoms with Gasteiger partial charge >= 0.3 is 6.09 Å². The Bertz CT molecular complexity index is 666. The number of amides is 1. The van der Waals surface area contributed by atoms with Crippen LogP contribution >= 0.6 is 11.3 Å². The summed E-state index contributed by atoms with van der Waals surface area (Å²) >= 11 is 1.58. The summed E-state index contributed by atoms with van der Waals surface area (Å²) in [4.78, 5) is 19.2. The molecule has 1 aliphatic heterocycles. The van der Waals surface area contributed by atoms with E-state index < -0.39 is 6.09 Å². The van der Waals surface area contributed by atoms with Gasteiger partial charge in [-0.05, 0) is 12.1 Å². The van der Waals surface area contributed by atoms with Crippen molar-refractivity contribution in [3.05, 3.63) is 29.6 Å². The molecule has 1 aliphatic rings. The van der Waals surface area contributed by atoms with Gasteiger partial charge in [-0.25, -0.2) is 9.78 Å². The summed E-state index contributed by atoms with van der Waals surface area (Å²) in [6.07, 6.45) is -0.851. The summed E-state index contributed by atoms with van der Waals surface area (Å²) in [5.41, 5.74) is 1.94. The molecule has 3 rings (SSSR count). The number of rotatable bonds is 3. The molecule has 7 heteroatoms. The van der Waals surface area contributed by atoms with Gasteiger partial charge in [0, 0.05) is 37.1 Å². The molecule has 1 amide bonds. The van der Waals surface area contributed by atoms with Crippen molar-refractivity contribution in [2.45, 2.75) is 0 Å². The third-order valence-corrected chi connectivity index (χ3v) is 4.58. The number of carboxylic acid groups (broad SMARTS) is 1. The minimum atomic E-state index is -0.851. The average molecular weight is 319 g/mol. The van der Waals surface area contributed by atoms with E-state index in [1.165, 1.54) is 4.90 Å². The molecule has 2 heterocycles. The van der Waals surface area contributed by atoms with Crippen molar-refractivity contribution < 1.29 is 14.6 Å². The van der Waals surface area contributed by atoms with Crippen molar-refractivity contribution in [2.75, 3.05) is 38.2 Å². The molecule has 0 unspecified atom stereocenters. The predicted molar refractivity (Wildman–Crippen MR) is 85.9 cm³/mol. The van der Waals surface area contributed by atoms with E-state index in [1.807, 2.05) is 29.6 Å². The second kappa shape index (κ2) is 6.23. The van der Waals surface area contributed by atoms with Crippen LogP contribution in [0.1, 0.15) is 0 Å². The lowest BCUT2D eigenvalue weighted by atomic mass is 10.2. The fraction of sp³-hybridized carbons (Fsp3) is 0.333. The van der Waals surface area contributed by atoms with Crippen LogP contribution in [-0.2, 0) is 0 Å². The molecule has 0 atom stereocenters. The van der Waals surface area contributed by atoms with E-state index in [0.717, 1.165) is 22.1 Å². The lowest BCUT2D eigenvalue weighted by molar-refractivity contribution is 0.142. The van der Waals surface area contributed by atoms with Gasteiger partial charge in [0.2, 0.25) is 0 Å². The van der Waals surface area contributed by atoms with Crippen LogP contribution in [0, 0.1) is 0 Å². The molecule has 2 aromatic rings. The zero-order valence-electron chi connectivity index (χ0n) is 12.2. The Morgan fingerprint density at radius 3 is 2.77 bits per heavy atom. The van der Waals surface area contributed by atoms with Crippen LogP contribution in [0.2, 0.25) is 0 Å².